The van der Waals surface area contributed by atoms with Crippen molar-refractivity contribution in [2.45, 2.75) is 44.2 Å². The molecule has 1 aromatic rings. The van der Waals surface area contributed by atoms with Crippen LogP contribution in [0.5, 0.6) is 0 Å². The number of aromatic nitrogens is 1. The minimum atomic E-state index is -3.16. The highest BCUT2D eigenvalue weighted by molar-refractivity contribution is 7.91. The predicted molar refractivity (Wildman–Crippen MR) is 98.5 cm³/mol. The number of esters is 1. The fourth-order valence-corrected chi connectivity index (χ4v) is 5.72. The van der Waals surface area contributed by atoms with E-state index in [1.165, 1.54) is 17.8 Å². The number of hydrogen-bond acceptors (Lipinski definition) is 7. The highest BCUT2D eigenvalue weighted by Gasteiger charge is 2.39. The molecule has 3 rings (SSSR count). The predicted octanol–water partition coefficient (Wildman–Crippen LogP) is 1.05. The molecule has 1 unspecified atom stereocenters. The van der Waals surface area contributed by atoms with Crippen LogP contribution in [0.25, 0.3) is 0 Å². The molecule has 1 saturated heterocycles. The molecule has 2 aliphatic rings. The number of rotatable bonds is 6. The third-order valence-electron chi connectivity index (χ3n) is 5.35. The lowest BCUT2D eigenvalue weighted by molar-refractivity contribution is -0.384. The van der Waals surface area contributed by atoms with Crippen molar-refractivity contribution in [2.24, 2.45) is 7.05 Å². The average molecular weight is 413 g/mol. The zero-order chi connectivity index (χ0) is 20.5. The van der Waals surface area contributed by atoms with E-state index in [2.05, 4.69) is 0 Å². The molecule has 28 heavy (non-hydrogen) atoms. The van der Waals surface area contributed by atoms with Crippen LogP contribution < -0.4 is 0 Å². The van der Waals surface area contributed by atoms with Crippen molar-refractivity contribution >= 4 is 27.4 Å². The number of amides is 1. The summed E-state index contributed by atoms with van der Waals surface area (Å²) in [6, 6.07) is 0.654. The van der Waals surface area contributed by atoms with E-state index >= 15 is 0 Å². The minimum absolute atomic E-state index is 0.0321. The molecule has 0 bridgehead atoms. The second kappa shape index (κ2) is 7.90. The first-order valence-electron chi connectivity index (χ1n) is 9.17. The summed E-state index contributed by atoms with van der Waals surface area (Å²) in [7, 11) is -1.69. The summed E-state index contributed by atoms with van der Waals surface area (Å²) in [6.45, 7) is -0.523. The number of nitrogens with zero attached hydrogens (tertiary/aromatic N) is 3. The van der Waals surface area contributed by atoms with Gasteiger partial charge in [-0.1, -0.05) is 12.8 Å². The van der Waals surface area contributed by atoms with E-state index in [9.17, 15) is 28.1 Å². The molecule has 0 aromatic carbocycles. The molecule has 0 N–H and O–H groups in total. The highest BCUT2D eigenvalue weighted by Crippen LogP contribution is 2.29. The molecule has 1 aromatic heterocycles. The van der Waals surface area contributed by atoms with E-state index in [-0.39, 0.29) is 28.9 Å². The van der Waals surface area contributed by atoms with E-state index in [4.69, 9.17) is 4.74 Å². The van der Waals surface area contributed by atoms with Crippen LogP contribution in [0, 0.1) is 10.1 Å². The van der Waals surface area contributed by atoms with Gasteiger partial charge in [0.15, 0.2) is 16.4 Å². The quantitative estimate of drug-likeness (QED) is 0.387. The van der Waals surface area contributed by atoms with Gasteiger partial charge in [0.2, 0.25) is 0 Å². The largest absolute Gasteiger partial charge is 0.451 e. The van der Waals surface area contributed by atoms with Gasteiger partial charge in [-0.05, 0) is 19.3 Å². The second-order valence-electron chi connectivity index (χ2n) is 7.32. The highest BCUT2D eigenvalue weighted by atomic mass is 32.2. The van der Waals surface area contributed by atoms with Crippen molar-refractivity contribution in [2.75, 3.05) is 18.1 Å². The smallest absolute Gasteiger partial charge is 0.355 e. The first-order chi connectivity index (χ1) is 13.2. The van der Waals surface area contributed by atoms with Crippen molar-refractivity contribution in [1.82, 2.24) is 9.47 Å². The van der Waals surface area contributed by atoms with Crippen molar-refractivity contribution in [3.63, 3.8) is 0 Å². The average Bonchev–Trinajstić information content (AvgIpc) is 3.34. The maximum Gasteiger partial charge on any atom is 0.355 e. The van der Waals surface area contributed by atoms with Gasteiger partial charge in [0.1, 0.15) is 5.69 Å². The maximum atomic E-state index is 12.8. The van der Waals surface area contributed by atoms with Crippen LogP contribution in [0.1, 0.15) is 42.6 Å². The van der Waals surface area contributed by atoms with Gasteiger partial charge in [0, 0.05) is 25.2 Å². The van der Waals surface area contributed by atoms with Crippen LogP contribution in [-0.4, -0.2) is 64.9 Å². The molecule has 11 heteroatoms. The van der Waals surface area contributed by atoms with Crippen LogP contribution >= 0.6 is 0 Å². The van der Waals surface area contributed by atoms with Crippen molar-refractivity contribution in [3.05, 3.63) is 28.1 Å². The third-order valence-corrected chi connectivity index (χ3v) is 7.10. The first-order valence-corrected chi connectivity index (χ1v) is 11.0. The van der Waals surface area contributed by atoms with E-state index in [1.807, 2.05) is 0 Å². The van der Waals surface area contributed by atoms with Gasteiger partial charge in [-0.15, -0.1) is 0 Å². The summed E-state index contributed by atoms with van der Waals surface area (Å²) in [5.74, 6) is -1.27. The Morgan fingerprint density at radius 3 is 2.50 bits per heavy atom. The van der Waals surface area contributed by atoms with Crippen LogP contribution in [0.3, 0.4) is 0 Å². The molecule has 0 radical (unpaired) electrons. The molecular weight excluding hydrogens is 390 g/mol. The number of hydrogen-bond donors (Lipinski definition) is 0. The van der Waals surface area contributed by atoms with Gasteiger partial charge in [0.05, 0.1) is 22.6 Å². The Labute approximate surface area is 162 Å². The molecular formula is C17H23N3O7S. The Morgan fingerprint density at radius 1 is 1.29 bits per heavy atom. The summed E-state index contributed by atoms with van der Waals surface area (Å²) < 4.78 is 30.1. The summed E-state index contributed by atoms with van der Waals surface area (Å²) in [5, 5.41) is 10.8. The van der Waals surface area contributed by atoms with E-state index in [0.717, 1.165) is 31.7 Å². The number of carbonyl (C=O) groups is 2. The lowest BCUT2D eigenvalue weighted by atomic mass is 10.1. The number of carbonyl (C=O) groups excluding carboxylic acids is 2. The van der Waals surface area contributed by atoms with Gasteiger partial charge >= 0.3 is 5.97 Å². The molecule has 2 heterocycles. The molecule has 0 spiro atoms. The minimum Gasteiger partial charge on any atom is -0.451 e. The summed E-state index contributed by atoms with van der Waals surface area (Å²) >= 11 is 0. The zero-order valence-corrected chi connectivity index (χ0v) is 16.4. The van der Waals surface area contributed by atoms with Crippen LogP contribution in [0.2, 0.25) is 0 Å². The van der Waals surface area contributed by atoms with Crippen LogP contribution in [0.4, 0.5) is 5.69 Å². The molecule has 1 atom stereocenters. The van der Waals surface area contributed by atoms with Crippen molar-refractivity contribution in [1.29, 1.82) is 0 Å². The fraction of sp³-hybridized carbons (Fsp3) is 0.647. The molecule has 1 amide bonds. The van der Waals surface area contributed by atoms with Crippen molar-refractivity contribution < 1.29 is 27.7 Å². The summed E-state index contributed by atoms with van der Waals surface area (Å²) in [4.78, 5) is 36.8. The maximum absolute atomic E-state index is 12.8. The molecule has 10 nitrogen and oxygen atoms in total. The topological polar surface area (TPSA) is 129 Å². The molecule has 1 aliphatic heterocycles. The SMILES string of the molecule is Cn1cc([N+](=O)[O-])cc1C(=O)OCC(=O)N(C1CCCC1)C1CCS(=O)(=O)C1. The van der Waals surface area contributed by atoms with Gasteiger partial charge in [-0.25, -0.2) is 13.2 Å². The number of aryl methyl sites for hydroxylation is 1. The standard InChI is InChI=1S/C17H23N3O7S/c1-18-9-14(20(23)24)8-15(18)17(22)27-10-16(21)19(12-4-2-3-5-12)13-6-7-28(25,26)11-13/h8-9,12-13H,2-7,10-11H2,1H3. The number of nitro groups is 1. The lowest BCUT2D eigenvalue weighted by Gasteiger charge is -2.33. The van der Waals surface area contributed by atoms with Gasteiger partial charge < -0.3 is 14.2 Å². The lowest BCUT2D eigenvalue weighted by Crippen LogP contribution is -2.48. The molecule has 1 saturated carbocycles. The second-order valence-corrected chi connectivity index (χ2v) is 9.55. The Hall–Kier alpha value is -2.43. The Balaban J connectivity index is 1.68. The normalized spacial score (nSPS) is 21.5. The fourth-order valence-electron chi connectivity index (χ4n) is 4.01. The van der Waals surface area contributed by atoms with Gasteiger partial charge in [0.25, 0.3) is 11.6 Å². The van der Waals surface area contributed by atoms with Gasteiger partial charge in [-0.2, -0.15) is 0 Å². The van der Waals surface area contributed by atoms with E-state index in [1.54, 1.807) is 4.90 Å². The van der Waals surface area contributed by atoms with E-state index < -0.39 is 39.3 Å². The van der Waals surface area contributed by atoms with Gasteiger partial charge in [-0.3, -0.25) is 14.9 Å². The Kier molecular flexibility index (Phi) is 5.73. The molecule has 154 valence electrons. The molecule has 1 aliphatic carbocycles. The van der Waals surface area contributed by atoms with E-state index in [0.29, 0.717) is 6.42 Å². The van der Waals surface area contributed by atoms with Crippen LogP contribution in [0.15, 0.2) is 12.3 Å². The Bertz CT molecular complexity index is 887. The Morgan fingerprint density at radius 2 is 1.96 bits per heavy atom. The third kappa shape index (κ3) is 4.34. The van der Waals surface area contributed by atoms with Crippen molar-refractivity contribution in [3.8, 4) is 0 Å². The monoisotopic (exact) mass is 413 g/mol. The zero-order valence-electron chi connectivity index (χ0n) is 15.6. The van der Waals surface area contributed by atoms with Crippen LogP contribution in [-0.2, 0) is 26.4 Å². The molecule has 2 fully saturated rings. The number of sulfone groups is 1. The number of ether oxygens (including phenoxy) is 1. The first kappa shape index (κ1) is 20.3. The summed E-state index contributed by atoms with van der Waals surface area (Å²) in [5.41, 5.74) is -0.278. The summed E-state index contributed by atoms with van der Waals surface area (Å²) in [6.07, 6.45) is 5.14.